The summed E-state index contributed by atoms with van der Waals surface area (Å²) in [5.74, 6) is -1.15. The van der Waals surface area contributed by atoms with Crippen LogP contribution >= 0.6 is 0 Å². The van der Waals surface area contributed by atoms with Gasteiger partial charge in [0.1, 0.15) is 12.2 Å². The van der Waals surface area contributed by atoms with Gasteiger partial charge in [-0.05, 0) is 36.8 Å². The molecule has 38 heavy (non-hydrogen) atoms. The van der Waals surface area contributed by atoms with E-state index in [4.69, 9.17) is 0 Å². The van der Waals surface area contributed by atoms with Crippen molar-refractivity contribution in [2.24, 2.45) is 0 Å². The number of aromatic nitrogens is 3. The van der Waals surface area contributed by atoms with Crippen LogP contribution in [0.4, 0.5) is 13.2 Å². The lowest BCUT2D eigenvalue weighted by Gasteiger charge is -2.25. The van der Waals surface area contributed by atoms with Crippen molar-refractivity contribution in [2.45, 2.75) is 32.0 Å². The van der Waals surface area contributed by atoms with Gasteiger partial charge in [-0.25, -0.2) is 0 Å². The Balaban J connectivity index is 1.54. The molecule has 0 saturated heterocycles. The normalized spacial score (nSPS) is 14.1. The SMILES string of the molecule is CCC(Cc1nncn1-c1ccc(C(F)(F)F)cc1C(=O)c1ccccc1)N1C(=O)c2ccccc2C1=O. The van der Waals surface area contributed by atoms with Crippen LogP contribution in [0.3, 0.4) is 0 Å². The molecule has 0 N–H and O–H groups in total. The van der Waals surface area contributed by atoms with Gasteiger partial charge in [0.2, 0.25) is 0 Å². The molecule has 0 aliphatic carbocycles. The zero-order chi connectivity index (χ0) is 27.0. The summed E-state index contributed by atoms with van der Waals surface area (Å²) in [6.45, 7) is 1.82. The van der Waals surface area contributed by atoms with E-state index in [1.54, 1.807) is 42.5 Å². The molecule has 2 amide bonds. The molecule has 1 unspecified atom stereocenters. The molecule has 3 aromatic carbocycles. The zero-order valence-corrected chi connectivity index (χ0v) is 20.1. The fourth-order valence-electron chi connectivity index (χ4n) is 4.62. The number of amides is 2. The highest BCUT2D eigenvalue weighted by atomic mass is 19.4. The molecule has 0 saturated carbocycles. The summed E-state index contributed by atoms with van der Waals surface area (Å²) >= 11 is 0. The second-order valence-electron chi connectivity index (χ2n) is 8.83. The standard InChI is InChI=1S/C28H21F3N4O3/c1-2-19(35-26(37)20-10-6-7-11-21(20)27(35)38)15-24-33-32-16-34(24)23-13-12-18(28(29,30)31)14-22(23)25(36)17-8-4-3-5-9-17/h3-14,16,19H,2,15H2,1H3. The molecule has 2 heterocycles. The summed E-state index contributed by atoms with van der Waals surface area (Å²) in [5, 5.41) is 8.05. The molecule has 1 aromatic heterocycles. The monoisotopic (exact) mass is 518 g/mol. The quantitative estimate of drug-likeness (QED) is 0.250. The molecule has 0 fully saturated rings. The number of rotatable bonds is 7. The Morgan fingerprint density at radius 3 is 2.16 bits per heavy atom. The van der Waals surface area contributed by atoms with Gasteiger partial charge in [-0.1, -0.05) is 49.4 Å². The molecule has 0 spiro atoms. The fraction of sp³-hybridized carbons (Fsp3) is 0.179. The number of alkyl halides is 3. The van der Waals surface area contributed by atoms with Crippen LogP contribution in [0.15, 0.2) is 79.1 Å². The number of halogens is 3. The summed E-state index contributed by atoms with van der Waals surface area (Å²) in [6, 6.07) is 16.9. The van der Waals surface area contributed by atoms with Gasteiger partial charge >= 0.3 is 6.18 Å². The minimum atomic E-state index is -4.65. The molecule has 0 radical (unpaired) electrons. The number of fused-ring (bicyclic) bond motifs is 1. The average molecular weight is 518 g/mol. The summed E-state index contributed by atoms with van der Waals surface area (Å²) in [6.07, 6.45) is -2.86. The van der Waals surface area contributed by atoms with Crippen LogP contribution < -0.4 is 0 Å². The number of benzene rings is 3. The predicted octanol–water partition coefficient (Wildman–Crippen LogP) is 5.13. The second kappa shape index (κ2) is 9.70. The number of hydrogen-bond donors (Lipinski definition) is 0. The number of carbonyl (C=O) groups is 3. The first-order chi connectivity index (χ1) is 18.2. The van der Waals surface area contributed by atoms with Crippen LogP contribution in [0, 0.1) is 0 Å². The summed E-state index contributed by atoms with van der Waals surface area (Å²) < 4.78 is 42.1. The van der Waals surface area contributed by atoms with Crippen molar-refractivity contribution >= 4 is 17.6 Å². The van der Waals surface area contributed by atoms with Crippen molar-refractivity contribution in [1.29, 1.82) is 0 Å². The first-order valence-electron chi connectivity index (χ1n) is 11.9. The van der Waals surface area contributed by atoms with Crippen LogP contribution in [0.5, 0.6) is 0 Å². The number of hydrogen-bond acceptors (Lipinski definition) is 5. The molecule has 10 heteroatoms. The highest BCUT2D eigenvalue weighted by Gasteiger charge is 2.40. The molecule has 1 atom stereocenters. The largest absolute Gasteiger partial charge is 0.416 e. The first-order valence-corrected chi connectivity index (χ1v) is 11.9. The van der Waals surface area contributed by atoms with Crippen molar-refractivity contribution in [2.75, 3.05) is 0 Å². The molecule has 4 aromatic rings. The van der Waals surface area contributed by atoms with Crippen LogP contribution in [0.25, 0.3) is 5.69 Å². The average Bonchev–Trinajstić information content (AvgIpc) is 3.48. The van der Waals surface area contributed by atoms with Crippen molar-refractivity contribution < 1.29 is 27.6 Å². The van der Waals surface area contributed by atoms with Crippen molar-refractivity contribution in [3.8, 4) is 5.69 Å². The van der Waals surface area contributed by atoms with E-state index in [2.05, 4.69) is 10.2 Å². The van der Waals surface area contributed by atoms with E-state index in [0.717, 1.165) is 12.1 Å². The molecule has 192 valence electrons. The number of imide groups is 1. The Bertz CT molecular complexity index is 1510. The molecular weight excluding hydrogens is 497 g/mol. The van der Waals surface area contributed by atoms with E-state index < -0.39 is 35.4 Å². The van der Waals surface area contributed by atoms with Crippen molar-refractivity contribution in [3.05, 3.63) is 113 Å². The van der Waals surface area contributed by atoms with Crippen LogP contribution in [-0.2, 0) is 12.6 Å². The minimum Gasteiger partial charge on any atom is -0.289 e. The van der Waals surface area contributed by atoms with Gasteiger partial charge < -0.3 is 0 Å². The van der Waals surface area contributed by atoms with Gasteiger partial charge in [0.15, 0.2) is 5.78 Å². The summed E-state index contributed by atoms with van der Waals surface area (Å²) in [4.78, 5) is 40.6. The van der Waals surface area contributed by atoms with Crippen LogP contribution in [0.1, 0.15) is 61.4 Å². The van der Waals surface area contributed by atoms with Crippen molar-refractivity contribution in [3.63, 3.8) is 0 Å². The highest BCUT2D eigenvalue weighted by Crippen LogP contribution is 2.33. The summed E-state index contributed by atoms with van der Waals surface area (Å²) in [7, 11) is 0. The third kappa shape index (κ3) is 4.38. The molecule has 5 rings (SSSR count). The third-order valence-electron chi connectivity index (χ3n) is 6.56. The second-order valence-corrected chi connectivity index (χ2v) is 8.83. The van der Waals surface area contributed by atoms with Gasteiger partial charge in [0.05, 0.1) is 22.4 Å². The van der Waals surface area contributed by atoms with E-state index in [1.165, 1.54) is 34.0 Å². The summed E-state index contributed by atoms with van der Waals surface area (Å²) in [5.41, 5.74) is -0.135. The smallest absolute Gasteiger partial charge is 0.289 e. The number of ketones is 1. The van der Waals surface area contributed by atoms with Gasteiger partial charge in [-0.2, -0.15) is 13.2 Å². The lowest BCUT2D eigenvalue weighted by Crippen LogP contribution is -2.41. The van der Waals surface area contributed by atoms with Gasteiger partial charge in [-0.15, -0.1) is 10.2 Å². The minimum absolute atomic E-state index is 0.0853. The Kier molecular flexibility index (Phi) is 6.40. The Hall–Kier alpha value is -4.60. The molecule has 1 aliphatic heterocycles. The Labute approximate surface area is 215 Å². The van der Waals surface area contributed by atoms with Crippen LogP contribution in [-0.4, -0.2) is 43.3 Å². The third-order valence-corrected chi connectivity index (χ3v) is 6.56. The fourth-order valence-corrected chi connectivity index (χ4v) is 4.62. The Morgan fingerprint density at radius 1 is 0.921 bits per heavy atom. The number of nitrogens with zero attached hydrogens (tertiary/aromatic N) is 4. The Morgan fingerprint density at radius 2 is 1.55 bits per heavy atom. The van der Waals surface area contributed by atoms with Gasteiger partial charge in [-0.3, -0.25) is 23.9 Å². The maximum absolute atomic E-state index is 13.6. The van der Waals surface area contributed by atoms with Crippen molar-refractivity contribution in [1.82, 2.24) is 19.7 Å². The lowest BCUT2D eigenvalue weighted by atomic mass is 9.98. The highest BCUT2D eigenvalue weighted by molar-refractivity contribution is 6.21. The van der Waals surface area contributed by atoms with E-state index in [0.29, 0.717) is 17.5 Å². The number of carbonyl (C=O) groups excluding carboxylic acids is 3. The van der Waals surface area contributed by atoms with E-state index >= 15 is 0 Å². The zero-order valence-electron chi connectivity index (χ0n) is 20.1. The first kappa shape index (κ1) is 25.1. The van der Waals surface area contributed by atoms with Gasteiger partial charge in [0, 0.05) is 23.6 Å². The van der Waals surface area contributed by atoms with E-state index in [9.17, 15) is 27.6 Å². The molecule has 0 bridgehead atoms. The van der Waals surface area contributed by atoms with Crippen LogP contribution in [0.2, 0.25) is 0 Å². The molecule has 7 nitrogen and oxygen atoms in total. The van der Waals surface area contributed by atoms with E-state index in [1.807, 2.05) is 6.92 Å². The molecule has 1 aliphatic rings. The molecular formula is C28H21F3N4O3. The van der Waals surface area contributed by atoms with Gasteiger partial charge in [0.25, 0.3) is 11.8 Å². The predicted molar refractivity (Wildman–Crippen MR) is 131 cm³/mol. The maximum Gasteiger partial charge on any atom is 0.416 e. The topological polar surface area (TPSA) is 85.2 Å². The van der Waals surface area contributed by atoms with E-state index in [-0.39, 0.29) is 29.1 Å². The lowest BCUT2D eigenvalue weighted by molar-refractivity contribution is -0.137. The maximum atomic E-state index is 13.6.